The summed E-state index contributed by atoms with van der Waals surface area (Å²) < 4.78 is 26.3. The first kappa shape index (κ1) is 14.2. The fourth-order valence-corrected chi connectivity index (χ4v) is 3.71. The highest BCUT2D eigenvalue weighted by Gasteiger charge is 2.32. The minimum atomic E-state index is -3.48. The van der Waals surface area contributed by atoms with Crippen molar-refractivity contribution in [2.45, 2.75) is 18.2 Å². The quantitative estimate of drug-likeness (QED) is 0.824. The zero-order valence-electron chi connectivity index (χ0n) is 10.9. The molecule has 1 atom stereocenters. The first-order chi connectivity index (χ1) is 9.07. The Hall–Kier alpha value is -1.18. The van der Waals surface area contributed by atoms with E-state index in [1.165, 1.54) is 16.6 Å². The van der Waals surface area contributed by atoms with Gasteiger partial charge in [0.15, 0.2) is 0 Å². The van der Waals surface area contributed by atoms with Crippen LogP contribution in [0, 0.1) is 5.92 Å². The van der Waals surface area contributed by atoms with Gasteiger partial charge in [0, 0.05) is 38.5 Å². The van der Waals surface area contributed by atoms with Gasteiger partial charge in [-0.3, -0.25) is 0 Å². The number of aromatic nitrogens is 1. The highest BCUT2D eigenvalue weighted by atomic mass is 32.2. The van der Waals surface area contributed by atoms with Crippen LogP contribution >= 0.6 is 0 Å². The molecular formula is C12H19N3O3S. The van der Waals surface area contributed by atoms with E-state index in [1.54, 1.807) is 6.07 Å². The Labute approximate surface area is 113 Å². The monoisotopic (exact) mass is 285 g/mol. The van der Waals surface area contributed by atoms with Crippen molar-refractivity contribution in [3.05, 3.63) is 18.3 Å². The average molecular weight is 285 g/mol. The fourth-order valence-electron chi connectivity index (χ4n) is 2.16. The van der Waals surface area contributed by atoms with Gasteiger partial charge in [-0.1, -0.05) is 0 Å². The first-order valence-electron chi connectivity index (χ1n) is 6.39. The van der Waals surface area contributed by atoms with E-state index in [9.17, 15) is 8.42 Å². The highest BCUT2D eigenvalue weighted by molar-refractivity contribution is 7.89. The largest absolute Gasteiger partial charge is 0.396 e. The van der Waals surface area contributed by atoms with Gasteiger partial charge in [-0.15, -0.1) is 0 Å². The van der Waals surface area contributed by atoms with Crippen LogP contribution in [0.3, 0.4) is 0 Å². The molecule has 6 nitrogen and oxygen atoms in total. The molecule has 1 aromatic heterocycles. The molecule has 1 aromatic rings. The predicted octanol–water partition coefficient (Wildman–Crippen LogP) is 0.516. The molecule has 1 saturated heterocycles. The molecule has 0 aromatic carbocycles. The van der Waals surface area contributed by atoms with Crippen LogP contribution < -0.4 is 5.32 Å². The van der Waals surface area contributed by atoms with Crippen molar-refractivity contribution in [2.75, 3.05) is 31.6 Å². The second kappa shape index (κ2) is 5.85. The van der Waals surface area contributed by atoms with E-state index >= 15 is 0 Å². The van der Waals surface area contributed by atoms with Crippen LogP contribution in [0.5, 0.6) is 0 Å². The summed E-state index contributed by atoms with van der Waals surface area (Å²) in [5, 5.41) is 12.1. The van der Waals surface area contributed by atoms with E-state index in [2.05, 4.69) is 10.3 Å². The molecular weight excluding hydrogens is 266 g/mol. The van der Waals surface area contributed by atoms with Crippen molar-refractivity contribution in [3.8, 4) is 0 Å². The van der Waals surface area contributed by atoms with Gasteiger partial charge in [0.25, 0.3) is 0 Å². The first-order valence-corrected chi connectivity index (χ1v) is 7.83. The Morgan fingerprint density at radius 1 is 1.58 bits per heavy atom. The lowest BCUT2D eigenvalue weighted by atomic mass is 10.1. The summed E-state index contributed by atoms with van der Waals surface area (Å²) in [6, 6.07) is 3.05. The molecule has 0 saturated carbocycles. The summed E-state index contributed by atoms with van der Waals surface area (Å²) in [6.07, 6.45) is 2.20. The molecule has 0 aliphatic carbocycles. The summed E-state index contributed by atoms with van der Waals surface area (Å²) in [5.74, 6) is 0.603. The minimum absolute atomic E-state index is 0.0327. The van der Waals surface area contributed by atoms with Crippen LogP contribution in [-0.2, 0) is 10.0 Å². The molecule has 1 aliphatic heterocycles. The normalized spacial score (nSPS) is 20.6. The number of sulfonamides is 1. The summed E-state index contributed by atoms with van der Waals surface area (Å²) in [5.41, 5.74) is 0. The Morgan fingerprint density at radius 3 is 3.00 bits per heavy atom. The van der Waals surface area contributed by atoms with Crippen LogP contribution in [0.15, 0.2) is 23.2 Å². The van der Waals surface area contributed by atoms with Crippen molar-refractivity contribution in [1.29, 1.82) is 0 Å². The number of aliphatic hydroxyl groups excluding tert-OH is 1. The number of nitrogens with one attached hydrogen (secondary N) is 1. The molecule has 2 N–H and O–H groups in total. The molecule has 0 radical (unpaired) electrons. The highest BCUT2D eigenvalue weighted by Crippen LogP contribution is 2.24. The summed E-state index contributed by atoms with van der Waals surface area (Å²) in [6.45, 7) is 3.50. The molecule has 0 amide bonds. The van der Waals surface area contributed by atoms with Gasteiger partial charge < -0.3 is 10.4 Å². The maximum atomic E-state index is 12.4. The van der Waals surface area contributed by atoms with Crippen LogP contribution in [-0.4, -0.2) is 49.1 Å². The number of pyridine rings is 1. The van der Waals surface area contributed by atoms with Crippen LogP contribution in [0.4, 0.5) is 5.82 Å². The summed E-state index contributed by atoms with van der Waals surface area (Å²) in [7, 11) is -3.48. The predicted molar refractivity (Wildman–Crippen MR) is 72.4 cm³/mol. The standard InChI is InChI=1S/C12H19N3O3S/c1-2-13-12-7-11(3-5-14-12)19(17,18)15-6-4-10(8-15)9-16/h3,5,7,10,16H,2,4,6,8-9H2,1H3,(H,13,14). The lowest BCUT2D eigenvalue weighted by molar-refractivity contribution is 0.233. The summed E-state index contributed by atoms with van der Waals surface area (Å²) >= 11 is 0. The second-order valence-electron chi connectivity index (χ2n) is 4.61. The van der Waals surface area contributed by atoms with Gasteiger partial charge >= 0.3 is 0 Å². The average Bonchev–Trinajstić information content (AvgIpc) is 2.89. The molecule has 0 bridgehead atoms. The van der Waals surface area contributed by atoms with E-state index in [1.807, 2.05) is 6.92 Å². The SMILES string of the molecule is CCNc1cc(S(=O)(=O)N2CCC(CO)C2)ccn1. The molecule has 2 heterocycles. The van der Waals surface area contributed by atoms with Gasteiger partial charge in [-0.2, -0.15) is 4.31 Å². The lowest BCUT2D eigenvalue weighted by Gasteiger charge is -2.16. The Balaban J connectivity index is 2.22. The fraction of sp³-hybridized carbons (Fsp3) is 0.583. The topological polar surface area (TPSA) is 82.5 Å². The Bertz CT molecular complexity index is 533. The van der Waals surface area contributed by atoms with Crippen molar-refractivity contribution in [1.82, 2.24) is 9.29 Å². The smallest absolute Gasteiger partial charge is 0.243 e. The molecule has 0 spiro atoms. The maximum absolute atomic E-state index is 12.4. The van der Waals surface area contributed by atoms with Crippen molar-refractivity contribution in [2.24, 2.45) is 5.92 Å². The summed E-state index contributed by atoms with van der Waals surface area (Å²) in [4.78, 5) is 4.31. The van der Waals surface area contributed by atoms with Crippen LogP contribution in [0.2, 0.25) is 0 Å². The molecule has 7 heteroatoms. The number of rotatable bonds is 5. The third kappa shape index (κ3) is 3.05. The van der Waals surface area contributed by atoms with Gasteiger partial charge in [0.2, 0.25) is 10.0 Å². The zero-order chi connectivity index (χ0) is 13.9. The minimum Gasteiger partial charge on any atom is -0.396 e. The molecule has 1 aliphatic rings. The molecule has 1 fully saturated rings. The van der Waals surface area contributed by atoms with Crippen molar-refractivity contribution < 1.29 is 13.5 Å². The van der Waals surface area contributed by atoms with Gasteiger partial charge in [0.05, 0.1) is 4.90 Å². The molecule has 19 heavy (non-hydrogen) atoms. The number of hydrogen-bond acceptors (Lipinski definition) is 5. The van der Waals surface area contributed by atoms with E-state index in [0.717, 1.165) is 0 Å². The lowest BCUT2D eigenvalue weighted by Crippen LogP contribution is -2.29. The third-order valence-electron chi connectivity index (χ3n) is 3.23. The third-order valence-corrected chi connectivity index (χ3v) is 5.09. The van der Waals surface area contributed by atoms with E-state index in [-0.39, 0.29) is 17.4 Å². The Morgan fingerprint density at radius 2 is 2.37 bits per heavy atom. The zero-order valence-corrected chi connectivity index (χ0v) is 11.7. The number of anilines is 1. The van der Waals surface area contributed by atoms with Crippen molar-refractivity contribution >= 4 is 15.8 Å². The Kier molecular flexibility index (Phi) is 4.38. The number of hydrogen-bond donors (Lipinski definition) is 2. The van der Waals surface area contributed by atoms with Crippen molar-refractivity contribution in [3.63, 3.8) is 0 Å². The molecule has 2 rings (SSSR count). The molecule has 106 valence electrons. The maximum Gasteiger partial charge on any atom is 0.243 e. The van der Waals surface area contributed by atoms with Crippen LogP contribution in [0.25, 0.3) is 0 Å². The van der Waals surface area contributed by atoms with E-state index < -0.39 is 10.0 Å². The van der Waals surface area contributed by atoms with E-state index in [0.29, 0.717) is 31.9 Å². The van der Waals surface area contributed by atoms with Gasteiger partial charge in [-0.25, -0.2) is 13.4 Å². The number of nitrogens with zero attached hydrogens (tertiary/aromatic N) is 2. The van der Waals surface area contributed by atoms with Crippen LogP contribution in [0.1, 0.15) is 13.3 Å². The second-order valence-corrected chi connectivity index (χ2v) is 6.55. The molecule has 1 unspecified atom stereocenters. The number of aliphatic hydroxyl groups is 1. The van der Waals surface area contributed by atoms with Gasteiger partial charge in [-0.05, 0) is 25.3 Å². The van der Waals surface area contributed by atoms with Gasteiger partial charge in [0.1, 0.15) is 5.82 Å². The van der Waals surface area contributed by atoms with E-state index in [4.69, 9.17) is 5.11 Å².